The molecule has 2 aliphatic rings. The Labute approximate surface area is 124 Å². The Morgan fingerprint density at radius 1 is 1.25 bits per heavy atom. The van der Waals surface area contributed by atoms with Crippen LogP contribution in [0.15, 0.2) is 0 Å². The molecule has 2 rings (SSSR count). The Morgan fingerprint density at radius 2 is 1.90 bits per heavy atom. The minimum Gasteiger partial charge on any atom is -0.352 e. The summed E-state index contributed by atoms with van der Waals surface area (Å²) in [7, 11) is 2.03. The molecule has 0 aromatic rings. The molecule has 2 aliphatic carbocycles. The maximum atomic E-state index is 12.1. The third-order valence-electron chi connectivity index (χ3n) is 5.28. The Hall–Kier alpha value is -0.570. The van der Waals surface area contributed by atoms with Crippen molar-refractivity contribution in [2.45, 2.75) is 64.8 Å². The van der Waals surface area contributed by atoms with Crippen molar-refractivity contribution in [1.29, 1.82) is 0 Å². The predicted octanol–water partition coefficient (Wildman–Crippen LogP) is 3.05. The van der Waals surface area contributed by atoms with Crippen LogP contribution >= 0.6 is 0 Å². The summed E-state index contributed by atoms with van der Waals surface area (Å²) in [5.74, 6) is 2.79. The topological polar surface area (TPSA) is 32.3 Å². The average Bonchev–Trinajstić information content (AvgIpc) is 2.38. The van der Waals surface area contributed by atoms with Crippen LogP contribution in [0.25, 0.3) is 0 Å². The minimum absolute atomic E-state index is 0.198. The summed E-state index contributed by atoms with van der Waals surface area (Å²) < 4.78 is 0. The highest BCUT2D eigenvalue weighted by Gasteiger charge is 2.34. The molecule has 0 saturated heterocycles. The van der Waals surface area contributed by atoms with Crippen LogP contribution in [0.4, 0.5) is 0 Å². The molecule has 0 aromatic carbocycles. The highest BCUT2D eigenvalue weighted by Crippen LogP contribution is 2.43. The number of amides is 1. The molecule has 20 heavy (non-hydrogen) atoms. The van der Waals surface area contributed by atoms with Crippen molar-refractivity contribution in [2.24, 2.45) is 17.8 Å². The van der Waals surface area contributed by atoms with Crippen molar-refractivity contribution in [2.75, 3.05) is 20.1 Å². The summed E-state index contributed by atoms with van der Waals surface area (Å²) in [6.45, 7) is 5.90. The van der Waals surface area contributed by atoms with Gasteiger partial charge in [0, 0.05) is 6.04 Å². The van der Waals surface area contributed by atoms with E-state index in [1.165, 1.54) is 38.5 Å². The molecule has 0 radical (unpaired) electrons. The van der Waals surface area contributed by atoms with Crippen LogP contribution in [0.3, 0.4) is 0 Å². The lowest BCUT2D eigenvalue weighted by atomic mass is 9.66. The summed E-state index contributed by atoms with van der Waals surface area (Å²) in [5.41, 5.74) is 0. The van der Waals surface area contributed by atoms with Gasteiger partial charge in [0.05, 0.1) is 6.54 Å². The number of nitrogens with one attached hydrogen (secondary N) is 1. The van der Waals surface area contributed by atoms with Crippen LogP contribution in [0.2, 0.25) is 0 Å². The number of carbonyl (C=O) groups excluding carboxylic acids is 1. The van der Waals surface area contributed by atoms with Gasteiger partial charge in [0.1, 0.15) is 0 Å². The SMILES string of the molecule is CCCN(C)CC(=O)NC(C)C1CC2CCCC(C2)C1. The van der Waals surface area contributed by atoms with Crippen molar-refractivity contribution >= 4 is 5.91 Å². The summed E-state index contributed by atoms with van der Waals surface area (Å²) in [5, 5.41) is 3.25. The summed E-state index contributed by atoms with van der Waals surface area (Å²) >= 11 is 0. The molecule has 2 saturated carbocycles. The maximum absolute atomic E-state index is 12.1. The van der Waals surface area contributed by atoms with Gasteiger partial charge in [0.2, 0.25) is 5.91 Å². The second-order valence-electron chi connectivity index (χ2n) is 7.22. The minimum atomic E-state index is 0.198. The Balaban J connectivity index is 1.76. The van der Waals surface area contributed by atoms with Crippen molar-refractivity contribution in [3.63, 3.8) is 0 Å². The first-order valence-corrected chi connectivity index (χ1v) is 8.56. The van der Waals surface area contributed by atoms with Gasteiger partial charge in [-0.25, -0.2) is 0 Å². The number of hydrogen-bond acceptors (Lipinski definition) is 2. The molecule has 0 aliphatic heterocycles. The van der Waals surface area contributed by atoms with Gasteiger partial charge in [-0.3, -0.25) is 9.69 Å². The first kappa shape index (κ1) is 15.8. The lowest BCUT2D eigenvalue weighted by Gasteiger charge is -2.41. The second kappa shape index (κ2) is 7.44. The Bertz CT molecular complexity index is 306. The third-order valence-corrected chi connectivity index (χ3v) is 5.28. The van der Waals surface area contributed by atoms with Crippen molar-refractivity contribution in [3.8, 4) is 0 Å². The van der Waals surface area contributed by atoms with Crippen LogP contribution in [0.5, 0.6) is 0 Å². The van der Waals surface area contributed by atoms with Crippen LogP contribution in [-0.2, 0) is 4.79 Å². The van der Waals surface area contributed by atoms with Crippen molar-refractivity contribution in [1.82, 2.24) is 10.2 Å². The van der Waals surface area contributed by atoms with E-state index >= 15 is 0 Å². The molecular weight excluding hydrogens is 248 g/mol. The first-order chi connectivity index (χ1) is 9.58. The number of carbonyl (C=O) groups is 1. The van der Waals surface area contributed by atoms with E-state index < -0.39 is 0 Å². The fourth-order valence-electron chi connectivity index (χ4n) is 4.31. The first-order valence-electron chi connectivity index (χ1n) is 8.56. The molecular formula is C17H32N2O. The zero-order valence-electron chi connectivity index (χ0n) is 13.5. The Morgan fingerprint density at radius 3 is 2.50 bits per heavy atom. The fraction of sp³-hybridized carbons (Fsp3) is 0.941. The van der Waals surface area contributed by atoms with Gasteiger partial charge >= 0.3 is 0 Å². The number of likely N-dealkylation sites (N-methyl/N-ethyl adjacent to an activating group) is 1. The molecule has 0 aromatic heterocycles. The summed E-state index contributed by atoms with van der Waals surface area (Å²) in [6, 6.07) is 0.348. The van der Waals surface area contributed by atoms with E-state index in [1.54, 1.807) is 0 Å². The molecule has 3 unspecified atom stereocenters. The predicted molar refractivity (Wildman–Crippen MR) is 83.6 cm³/mol. The molecule has 1 amide bonds. The lowest BCUT2D eigenvalue weighted by Crippen LogP contribution is -2.45. The number of hydrogen-bond donors (Lipinski definition) is 1. The van der Waals surface area contributed by atoms with E-state index in [0.717, 1.165) is 24.8 Å². The molecule has 3 heteroatoms. The van der Waals surface area contributed by atoms with E-state index in [2.05, 4.69) is 24.1 Å². The molecule has 1 N–H and O–H groups in total. The highest BCUT2D eigenvalue weighted by atomic mass is 16.2. The largest absolute Gasteiger partial charge is 0.352 e. The van der Waals surface area contributed by atoms with Crippen LogP contribution in [-0.4, -0.2) is 37.0 Å². The van der Waals surface area contributed by atoms with Gasteiger partial charge in [0.15, 0.2) is 0 Å². The van der Waals surface area contributed by atoms with Gasteiger partial charge in [-0.15, -0.1) is 0 Å². The molecule has 116 valence electrons. The van der Waals surface area contributed by atoms with Gasteiger partial charge in [-0.05, 0) is 64.0 Å². The third kappa shape index (κ3) is 4.47. The van der Waals surface area contributed by atoms with E-state index in [9.17, 15) is 4.79 Å². The summed E-state index contributed by atoms with van der Waals surface area (Å²) in [4.78, 5) is 14.2. The molecule has 3 atom stereocenters. The summed E-state index contributed by atoms with van der Waals surface area (Å²) in [6.07, 6.45) is 9.51. The molecule has 0 heterocycles. The van der Waals surface area contributed by atoms with E-state index in [4.69, 9.17) is 0 Å². The maximum Gasteiger partial charge on any atom is 0.234 e. The molecule has 2 bridgehead atoms. The van der Waals surface area contributed by atoms with Crippen molar-refractivity contribution in [3.05, 3.63) is 0 Å². The smallest absolute Gasteiger partial charge is 0.234 e. The van der Waals surface area contributed by atoms with Gasteiger partial charge in [-0.1, -0.05) is 26.2 Å². The number of nitrogens with zero attached hydrogens (tertiary/aromatic N) is 1. The quantitative estimate of drug-likeness (QED) is 0.811. The standard InChI is InChI=1S/C17H32N2O/c1-4-8-19(3)12-17(20)18-13(2)16-10-14-6-5-7-15(9-14)11-16/h13-16H,4-12H2,1-3H3,(H,18,20). The number of rotatable bonds is 6. The van der Waals surface area contributed by atoms with Crippen LogP contribution < -0.4 is 5.32 Å². The normalized spacial score (nSPS) is 31.1. The second-order valence-corrected chi connectivity index (χ2v) is 7.22. The molecule has 2 fully saturated rings. The van der Waals surface area contributed by atoms with E-state index in [0.29, 0.717) is 18.5 Å². The monoisotopic (exact) mass is 280 g/mol. The van der Waals surface area contributed by atoms with Crippen LogP contribution in [0, 0.1) is 17.8 Å². The van der Waals surface area contributed by atoms with Gasteiger partial charge < -0.3 is 5.32 Å². The fourth-order valence-corrected chi connectivity index (χ4v) is 4.31. The van der Waals surface area contributed by atoms with Gasteiger partial charge in [0.25, 0.3) is 0 Å². The Kier molecular flexibility index (Phi) is 5.88. The number of fused-ring (bicyclic) bond motifs is 2. The zero-order chi connectivity index (χ0) is 14.5. The zero-order valence-corrected chi connectivity index (χ0v) is 13.5. The van der Waals surface area contributed by atoms with Crippen LogP contribution in [0.1, 0.15) is 58.8 Å². The van der Waals surface area contributed by atoms with E-state index in [1.807, 2.05) is 7.05 Å². The highest BCUT2D eigenvalue weighted by molar-refractivity contribution is 5.78. The lowest BCUT2D eigenvalue weighted by molar-refractivity contribution is -0.123. The average molecular weight is 280 g/mol. The van der Waals surface area contributed by atoms with Gasteiger partial charge in [-0.2, -0.15) is 0 Å². The molecule has 0 spiro atoms. The van der Waals surface area contributed by atoms with Crippen molar-refractivity contribution < 1.29 is 4.79 Å². The van der Waals surface area contributed by atoms with E-state index in [-0.39, 0.29) is 5.91 Å². The molecule has 3 nitrogen and oxygen atoms in total.